The molecule has 0 spiro atoms. The molecule has 0 amide bonds. The first-order valence-electron chi connectivity index (χ1n) is 5.34. The molecule has 0 unspecified atom stereocenters. The van der Waals surface area contributed by atoms with Gasteiger partial charge in [0.2, 0.25) is 5.78 Å². The Kier molecular flexibility index (Phi) is 1.95. The second-order valence-electron chi connectivity index (χ2n) is 4.02. The molecule has 3 nitrogen and oxygen atoms in total. The Hall–Kier alpha value is -2.29. The first-order chi connectivity index (χ1) is 8.22. The van der Waals surface area contributed by atoms with Crippen molar-refractivity contribution in [2.45, 2.75) is 0 Å². The minimum atomic E-state index is -0.140. The first kappa shape index (κ1) is 9.90. The summed E-state index contributed by atoms with van der Waals surface area (Å²) in [6.45, 7) is 0. The smallest absolute Gasteiger partial charge is 0.230 e. The lowest BCUT2D eigenvalue weighted by atomic mass is 9.93. The van der Waals surface area contributed by atoms with E-state index in [1.807, 2.05) is 30.3 Å². The summed E-state index contributed by atoms with van der Waals surface area (Å²) in [6.07, 6.45) is 3.69. The minimum Gasteiger partial charge on any atom is -0.491 e. The third-order valence-corrected chi connectivity index (χ3v) is 3.06. The molecule has 2 N–H and O–H groups in total. The largest absolute Gasteiger partial charge is 0.491 e. The SMILES string of the molecule is COC1=C(N)C=C2C(=Cc3ccccc32)C1=O. The zero-order valence-electron chi connectivity index (χ0n) is 9.36. The van der Waals surface area contributed by atoms with E-state index in [-0.39, 0.29) is 11.5 Å². The van der Waals surface area contributed by atoms with Crippen LogP contribution in [0.3, 0.4) is 0 Å². The molecular weight excluding hydrogens is 214 g/mol. The molecule has 0 aromatic heterocycles. The second kappa shape index (κ2) is 3.35. The zero-order chi connectivity index (χ0) is 12.0. The van der Waals surface area contributed by atoms with Crippen LogP contribution in [0, 0.1) is 0 Å². The monoisotopic (exact) mass is 225 g/mol. The van der Waals surface area contributed by atoms with E-state index in [1.54, 1.807) is 6.08 Å². The molecular formula is C14H11NO2. The number of allylic oxidation sites excluding steroid dienone is 3. The maximum absolute atomic E-state index is 12.1. The van der Waals surface area contributed by atoms with Crippen LogP contribution in [0.2, 0.25) is 0 Å². The van der Waals surface area contributed by atoms with Crippen molar-refractivity contribution >= 4 is 17.4 Å². The van der Waals surface area contributed by atoms with Gasteiger partial charge in [-0.3, -0.25) is 4.79 Å². The lowest BCUT2D eigenvalue weighted by Gasteiger charge is -2.15. The molecule has 84 valence electrons. The van der Waals surface area contributed by atoms with Gasteiger partial charge >= 0.3 is 0 Å². The van der Waals surface area contributed by atoms with Crippen LogP contribution in [0.1, 0.15) is 11.1 Å². The standard InChI is InChI=1S/C14H11NO2/c1-17-14-12(15)7-10-9-5-3-2-4-8(9)6-11(10)13(14)16/h2-7H,15H2,1H3. The van der Waals surface area contributed by atoms with Crippen molar-refractivity contribution in [1.82, 2.24) is 0 Å². The molecule has 0 heterocycles. The highest BCUT2D eigenvalue weighted by Gasteiger charge is 2.31. The summed E-state index contributed by atoms with van der Waals surface area (Å²) in [5, 5.41) is 0. The number of methoxy groups -OCH3 is 1. The van der Waals surface area contributed by atoms with Crippen molar-refractivity contribution in [2.75, 3.05) is 7.11 Å². The molecule has 2 aliphatic carbocycles. The van der Waals surface area contributed by atoms with Gasteiger partial charge < -0.3 is 10.5 Å². The van der Waals surface area contributed by atoms with Crippen LogP contribution in [-0.2, 0) is 9.53 Å². The molecule has 0 bridgehead atoms. The van der Waals surface area contributed by atoms with Crippen molar-refractivity contribution < 1.29 is 9.53 Å². The Labute approximate surface area is 98.9 Å². The third kappa shape index (κ3) is 1.25. The molecule has 0 fully saturated rings. The molecule has 3 heteroatoms. The van der Waals surface area contributed by atoms with E-state index in [2.05, 4.69) is 0 Å². The normalized spacial score (nSPS) is 17.4. The Morgan fingerprint density at radius 2 is 1.88 bits per heavy atom. The van der Waals surface area contributed by atoms with Gasteiger partial charge in [-0.25, -0.2) is 0 Å². The summed E-state index contributed by atoms with van der Waals surface area (Å²) in [5.41, 5.74) is 9.87. The number of hydrogen-bond donors (Lipinski definition) is 1. The highest BCUT2D eigenvalue weighted by atomic mass is 16.5. The van der Waals surface area contributed by atoms with Crippen LogP contribution in [0.4, 0.5) is 0 Å². The van der Waals surface area contributed by atoms with Crippen molar-refractivity contribution in [3.8, 4) is 0 Å². The predicted octanol–water partition coefficient (Wildman–Crippen LogP) is 1.87. The van der Waals surface area contributed by atoms with Crippen molar-refractivity contribution in [3.63, 3.8) is 0 Å². The van der Waals surface area contributed by atoms with Crippen molar-refractivity contribution in [1.29, 1.82) is 0 Å². The van der Waals surface area contributed by atoms with Crippen LogP contribution in [0.15, 0.2) is 47.4 Å². The molecule has 0 saturated carbocycles. The van der Waals surface area contributed by atoms with E-state index >= 15 is 0 Å². The number of nitrogens with two attached hydrogens (primary N) is 1. The molecule has 0 aliphatic heterocycles. The van der Waals surface area contributed by atoms with Crippen LogP contribution >= 0.6 is 0 Å². The van der Waals surface area contributed by atoms with E-state index in [4.69, 9.17) is 10.5 Å². The van der Waals surface area contributed by atoms with Crippen molar-refractivity contribution in [3.05, 3.63) is 58.5 Å². The van der Waals surface area contributed by atoms with Crippen LogP contribution in [0.5, 0.6) is 0 Å². The van der Waals surface area contributed by atoms with Gasteiger partial charge in [0, 0.05) is 5.57 Å². The van der Waals surface area contributed by atoms with Gasteiger partial charge in [0.15, 0.2) is 5.76 Å². The van der Waals surface area contributed by atoms with Gasteiger partial charge in [0.05, 0.1) is 12.8 Å². The van der Waals surface area contributed by atoms with Gasteiger partial charge in [-0.15, -0.1) is 0 Å². The molecule has 3 rings (SSSR count). The lowest BCUT2D eigenvalue weighted by Crippen LogP contribution is -2.17. The van der Waals surface area contributed by atoms with Gasteiger partial charge in [-0.1, -0.05) is 24.3 Å². The number of carbonyl (C=O) groups excluding carboxylic acids is 1. The first-order valence-corrected chi connectivity index (χ1v) is 5.34. The van der Waals surface area contributed by atoms with Gasteiger partial charge in [0.25, 0.3) is 0 Å². The summed E-state index contributed by atoms with van der Waals surface area (Å²) in [4.78, 5) is 12.1. The fourth-order valence-corrected chi connectivity index (χ4v) is 2.27. The molecule has 1 aromatic rings. The Bertz CT molecular complexity index is 621. The maximum Gasteiger partial charge on any atom is 0.230 e. The lowest BCUT2D eigenvalue weighted by molar-refractivity contribution is -0.114. The Morgan fingerprint density at radius 1 is 1.12 bits per heavy atom. The molecule has 2 aliphatic rings. The molecule has 0 saturated heterocycles. The molecule has 0 atom stereocenters. The Morgan fingerprint density at radius 3 is 2.65 bits per heavy atom. The summed E-state index contributed by atoms with van der Waals surface area (Å²) in [6, 6.07) is 7.87. The minimum absolute atomic E-state index is 0.140. The molecule has 17 heavy (non-hydrogen) atoms. The van der Waals surface area contributed by atoms with Crippen LogP contribution < -0.4 is 5.73 Å². The fourth-order valence-electron chi connectivity index (χ4n) is 2.27. The van der Waals surface area contributed by atoms with Gasteiger partial charge in [-0.05, 0) is 28.9 Å². The number of ether oxygens (including phenoxy) is 1. The number of benzene rings is 1. The van der Waals surface area contributed by atoms with E-state index in [0.717, 1.165) is 16.7 Å². The van der Waals surface area contributed by atoms with E-state index in [1.165, 1.54) is 7.11 Å². The summed E-state index contributed by atoms with van der Waals surface area (Å²) >= 11 is 0. The van der Waals surface area contributed by atoms with Gasteiger partial charge in [-0.2, -0.15) is 0 Å². The molecule has 1 aromatic carbocycles. The van der Waals surface area contributed by atoms with Crippen LogP contribution in [0.25, 0.3) is 11.6 Å². The number of rotatable bonds is 1. The van der Waals surface area contributed by atoms with Gasteiger partial charge in [0.1, 0.15) is 0 Å². The topological polar surface area (TPSA) is 52.3 Å². The predicted molar refractivity (Wildman–Crippen MR) is 65.6 cm³/mol. The average molecular weight is 225 g/mol. The average Bonchev–Trinajstić information content (AvgIpc) is 2.69. The zero-order valence-corrected chi connectivity index (χ0v) is 9.36. The number of ketones is 1. The highest BCUT2D eigenvalue weighted by Crippen LogP contribution is 2.40. The Balaban J connectivity index is 2.23. The van der Waals surface area contributed by atoms with E-state index in [0.29, 0.717) is 11.3 Å². The number of carbonyl (C=O) groups is 1. The molecule has 0 radical (unpaired) electrons. The van der Waals surface area contributed by atoms with E-state index < -0.39 is 0 Å². The quantitative estimate of drug-likeness (QED) is 0.793. The summed E-state index contributed by atoms with van der Waals surface area (Å²) in [5.74, 6) is 0.0894. The maximum atomic E-state index is 12.1. The second-order valence-corrected chi connectivity index (χ2v) is 4.02. The highest BCUT2D eigenvalue weighted by molar-refractivity contribution is 6.25. The number of fused-ring (bicyclic) bond motifs is 3. The number of hydrogen-bond acceptors (Lipinski definition) is 3. The fraction of sp³-hybridized carbons (Fsp3) is 0.0714. The summed E-state index contributed by atoms with van der Waals surface area (Å²) in [7, 11) is 1.46. The number of Topliss-reactive ketones (excluding diaryl/α,β-unsaturated/α-hetero) is 1. The summed E-state index contributed by atoms with van der Waals surface area (Å²) < 4.78 is 5.04. The van der Waals surface area contributed by atoms with Crippen LogP contribution in [-0.4, -0.2) is 12.9 Å². The van der Waals surface area contributed by atoms with Crippen molar-refractivity contribution in [2.24, 2.45) is 5.73 Å². The van der Waals surface area contributed by atoms with E-state index in [9.17, 15) is 4.79 Å². The third-order valence-electron chi connectivity index (χ3n) is 3.06.